The highest BCUT2D eigenvalue weighted by molar-refractivity contribution is 6.42. The van der Waals surface area contributed by atoms with Gasteiger partial charge in [-0.2, -0.15) is 0 Å². The van der Waals surface area contributed by atoms with Crippen molar-refractivity contribution in [2.75, 3.05) is 26.2 Å². The van der Waals surface area contributed by atoms with Crippen LogP contribution < -0.4 is 0 Å². The monoisotopic (exact) mass is 340 g/mol. The minimum atomic E-state index is 0.167. The second kappa shape index (κ2) is 7.20. The molecule has 0 aliphatic carbocycles. The van der Waals surface area contributed by atoms with Crippen molar-refractivity contribution in [1.29, 1.82) is 0 Å². The summed E-state index contributed by atoms with van der Waals surface area (Å²) < 4.78 is 0. The Hall–Kier alpha value is -0.770. The molecule has 1 unspecified atom stereocenters. The van der Waals surface area contributed by atoms with E-state index in [0.717, 1.165) is 57.5 Å². The quantitative estimate of drug-likeness (QED) is 0.834. The molecule has 0 aromatic heterocycles. The maximum Gasteiger partial charge on any atom is 0.227 e. The van der Waals surface area contributed by atoms with Gasteiger partial charge in [0.15, 0.2) is 0 Å². The fourth-order valence-corrected chi connectivity index (χ4v) is 3.77. The average molecular weight is 341 g/mol. The number of amides is 1. The van der Waals surface area contributed by atoms with E-state index in [1.807, 2.05) is 18.2 Å². The van der Waals surface area contributed by atoms with Gasteiger partial charge < -0.3 is 4.90 Å². The number of rotatable bonds is 3. The number of carbonyl (C=O) groups excluding carboxylic acids is 1. The van der Waals surface area contributed by atoms with E-state index in [1.54, 1.807) is 0 Å². The predicted octanol–water partition coefficient (Wildman–Crippen LogP) is 3.83. The molecule has 1 aromatic rings. The van der Waals surface area contributed by atoms with Crippen molar-refractivity contribution >= 4 is 29.1 Å². The molecular weight excluding hydrogens is 319 g/mol. The lowest BCUT2D eigenvalue weighted by Gasteiger charge is -2.29. The van der Waals surface area contributed by atoms with Gasteiger partial charge >= 0.3 is 0 Å². The summed E-state index contributed by atoms with van der Waals surface area (Å²) in [5.74, 6) is 0.525. The second-order valence-corrected chi connectivity index (χ2v) is 7.17. The largest absolute Gasteiger partial charge is 0.342 e. The van der Waals surface area contributed by atoms with Gasteiger partial charge in [-0.25, -0.2) is 0 Å². The molecule has 22 heavy (non-hydrogen) atoms. The van der Waals surface area contributed by atoms with Crippen LogP contribution in [0.3, 0.4) is 0 Å². The van der Waals surface area contributed by atoms with Gasteiger partial charge in [-0.15, -0.1) is 0 Å². The SMILES string of the molecule is O=C(C1CCN(Cc2ccc(Cl)c(Cl)c2)C1)N1CCCCC1. The summed E-state index contributed by atoms with van der Waals surface area (Å²) in [4.78, 5) is 17.0. The zero-order chi connectivity index (χ0) is 15.5. The summed E-state index contributed by atoms with van der Waals surface area (Å²) in [6.45, 7) is 4.56. The number of piperidine rings is 1. The molecule has 0 radical (unpaired) electrons. The van der Waals surface area contributed by atoms with Gasteiger partial charge in [0.1, 0.15) is 0 Å². The Morgan fingerprint density at radius 1 is 1.09 bits per heavy atom. The van der Waals surface area contributed by atoms with Gasteiger partial charge in [-0.3, -0.25) is 9.69 Å². The highest BCUT2D eigenvalue weighted by atomic mass is 35.5. The number of benzene rings is 1. The Kier molecular flexibility index (Phi) is 5.27. The molecule has 2 aliphatic heterocycles. The molecule has 3 nitrogen and oxygen atoms in total. The van der Waals surface area contributed by atoms with E-state index in [9.17, 15) is 4.79 Å². The predicted molar refractivity (Wildman–Crippen MR) is 90.3 cm³/mol. The Morgan fingerprint density at radius 2 is 1.86 bits per heavy atom. The Bertz CT molecular complexity index is 543. The molecule has 0 saturated carbocycles. The van der Waals surface area contributed by atoms with Crippen LogP contribution in [0.4, 0.5) is 0 Å². The number of hydrogen-bond donors (Lipinski definition) is 0. The van der Waals surface area contributed by atoms with Crippen LogP contribution >= 0.6 is 23.2 Å². The normalized spacial score (nSPS) is 23.0. The van der Waals surface area contributed by atoms with E-state index in [0.29, 0.717) is 16.0 Å². The van der Waals surface area contributed by atoms with E-state index in [2.05, 4.69) is 9.80 Å². The van der Waals surface area contributed by atoms with Gasteiger partial charge in [0.2, 0.25) is 5.91 Å². The molecule has 1 amide bonds. The molecule has 2 saturated heterocycles. The van der Waals surface area contributed by atoms with Crippen molar-refractivity contribution in [3.8, 4) is 0 Å². The Balaban J connectivity index is 1.55. The number of nitrogens with zero attached hydrogens (tertiary/aromatic N) is 2. The number of halogens is 2. The molecule has 0 bridgehead atoms. The fourth-order valence-electron chi connectivity index (χ4n) is 3.45. The second-order valence-electron chi connectivity index (χ2n) is 6.36. The first-order valence-corrected chi connectivity index (χ1v) is 8.84. The summed E-state index contributed by atoms with van der Waals surface area (Å²) in [6.07, 6.45) is 4.55. The molecule has 1 aromatic carbocycles. The smallest absolute Gasteiger partial charge is 0.227 e. The maximum atomic E-state index is 12.6. The third-order valence-corrected chi connectivity index (χ3v) is 5.42. The number of carbonyl (C=O) groups is 1. The highest BCUT2D eigenvalue weighted by Gasteiger charge is 2.31. The lowest BCUT2D eigenvalue weighted by Crippen LogP contribution is -2.40. The summed E-state index contributed by atoms with van der Waals surface area (Å²) in [5.41, 5.74) is 1.15. The molecule has 2 aliphatic rings. The third kappa shape index (κ3) is 3.76. The van der Waals surface area contributed by atoms with Crippen molar-refractivity contribution in [3.05, 3.63) is 33.8 Å². The summed E-state index contributed by atoms with van der Waals surface area (Å²) >= 11 is 12.0. The van der Waals surface area contributed by atoms with Gasteiger partial charge in [0.05, 0.1) is 16.0 Å². The minimum Gasteiger partial charge on any atom is -0.342 e. The van der Waals surface area contributed by atoms with Crippen molar-refractivity contribution in [3.63, 3.8) is 0 Å². The van der Waals surface area contributed by atoms with Crippen LogP contribution in [0, 0.1) is 5.92 Å². The van der Waals surface area contributed by atoms with E-state index >= 15 is 0 Å². The van der Waals surface area contributed by atoms with Gasteiger partial charge in [0.25, 0.3) is 0 Å². The molecule has 120 valence electrons. The van der Waals surface area contributed by atoms with Crippen LogP contribution in [-0.4, -0.2) is 41.9 Å². The molecular formula is C17H22Cl2N2O. The van der Waals surface area contributed by atoms with Crippen molar-refractivity contribution in [2.24, 2.45) is 5.92 Å². The zero-order valence-electron chi connectivity index (χ0n) is 12.7. The maximum absolute atomic E-state index is 12.6. The molecule has 1 atom stereocenters. The van der Waals surface area contributed by atoms with E-state index < -0.39 is 0 Å². The van der Waals surface area contributed by atoms with E-state index in [-0.39, 0.29) is 5.92 Å². The summed E-state index contributed by atoms with van der Waals surface area (Å²) in [7, 11) is 0. The topological polar surface area (TPSA) is 23.6 Å². The Labute approximate surface area is 142 Å². The van der Waals surface area contributed by atoms with Gasteiger partial charge in [-0.05, 0) is 49.9 Å². The van der Waals surface area contributed by atoms with Crippen molar-refractivity contribution in [2.45, 2.75) is 32.2 Å². The van der Waals surface area contributed by atoms with Crippen molar-refractivity contribution < 1.29 is 4.79 Å². The van der Waals surface area contributed by atoms with Crippen LogP contribution in [0.1, 0.15) is 31.2 Å². The first-order valence-electron chi connectivity index (χ1n) is 8.08. The van der Waals surface area contributed by atoms with Gasteiger partial charge in [-0.1, -0.05) is 29.3 Å². The van der Waals surface area contributed by atoms with Crippen LogP contribution in [0.25, 0.3) is 0 Å². The Morgan fingerprint density at radius 3 is 2.59 bits per heavy atom. The first-order chi connectivity index (χ1) is 10.6. The van der Waals surface area contributed by atoms with Crippen LogP contribution in [0.5, 0.6) is 0 Å². The lowest BCUT2D eigenvalue weighted by molar-refractivity contribution is -0.136. The van der Waals surface area contributed by atoms with Gasteiger partial charge in [0, 0.05) is 26.2 Å². The first kappa shape index (κ1) is 16.1. The standard InChI is InChI=1S/C17H22Cl2N2O/c18-15-5-4-13(10-16(15)19)11-20-9-6-14(12-20)17(22)21-7-2-1-3-8-21/h4-5,10,14H,1-3,6-9,11-12H2. The average Bonchev–Trinajstić information content (AvgIpc) is 2.99. The molecule has 2 heterocycles. The summed E-state index contributed by atoms with van der Waals surface area (Å²) in [6, 6.07) is 5.77. The molecule has 0 spiro atoms. The molecule has 5 heteroatoms. The number of likely N-dealkylation sites (tertiary alicyclic amines) is 2. The summed E-state index contributed by atoms with van der Waals surface area (Å²) in [5, 5.41) is 1.18. The minimum absolute atomic E-state index is 0.167. The van der Waals surface area contributed by atoms with Crippen LogP contribution in [-0.2, 0) is 11.3 Å². The molecule has 3 rings (SSSR count). The highest BCUT2D eigenvalue weighted by Crippen LogP contribution is 2.26. The third-order valence-electron chi connectivity index (χ3n) is 4.68. The van der Waals surface area contributed by atoms with Crippen LogP contribution in [0.2, 0.25) is 10.0 Å². The van der Waals surface area contributed by atoms with Crippen molar-refractivity contribution in [1.82, 2.24) is 9.80 Å². The number of hydrogen-bond acceptors (Lipinski definition) is 2. The molecule has 0 N–H and O–H groups in total. The lowest BCUT2D eigenvalue weighted by atomic mass is 10.0. The van der Waals surface area contributed by atoms with E-state index in [1.165, 1.54) is 6.42 Å². The fraction of sp³-hybridized carbons (Fsp3) is 0.588. The van der Waals surface area contributed by atoms with Crippen LogP contribution in [0.15, 0.2) is 18.2 Å². The zero-order valence-corrected chi connectivity index (χ0v) is 14.2. The van der Waals surface area contributed by atoms with E-state index in [4.69, 9.17) is 23.2 Å². The molecule has 2 fully saturated rings.